The van der Waals surface area contributed by atoms with Crippen LogP contribution >= 0.6 is 23.2 Å². The summed E-state index contributed by atoms with van der Waals surface area (Å²) in [7, 11) is 1.33. The van der Waals surface area contributed by atoms with Crippen molar-refractivity contribution in [2.45, 2.75) is 19.4 Å². The van der Waals surface area contributed by atoms with Gasteiger partial charge in [-0.05, 0) is 6.07 Å². The first-order valence-electron chi connectivity index (χ1n) is 6.03. The Bertz CT molecular complexity index is 643. The number of methoxy groups -OCH3 is 1. The summed E-state index contributed by atoms with van der Waals surface area (Å²) >= 11 is 11.5. The second-order valence-corrected chi connectivity index (χ2v) is 4.98. The highest BCUT2D eigenvalue weighted by Gasteiger charge is 2.14. The summed E-state index contributed by atoms with van der Waals surface area (Å²) < 4.78 is 20.0. The van der Waals surface area contributed by atoms with E-state index in [-0.39, 0.29) is 17.4 Å². The highest BCUT2D eigenvalue weighted by Crippen LogP contribution is 2.24. The van der Waals surface area contributed by atoms with Gasteiger partial charge in [0.15, 0.2) is 0 Å². The Balaban J connectivity index is 2.44. The molecule has 108 valence electrons. The van der Waals surface area contributed by atoms with Crippen molar-refractivity contribution in [2.75, 3.05) is 13.0 Å². The van der Waals surface area contributed by atoms with Gasteiger partial charge in [-0.25, -0.2) is 9.37 Å². The standard InChI is InChI=1S/C13H13Cl2FN2O2/c1-20-13(19)3-5-18-11-7-9(16)8(15)6-10(11)17-12(18)2-4-14/h6-7H,2-5H2,1H3. The predicted molar refractivity (Wildman–Crippen MR) is 75.8 cm³/mol. The van der Waals surface area contributed by atoms with Gasteiger partial charge in [-0.2, -0.15) is 0 Å². The Labute approximate surface area is 125 Å². The molecular formula is C13H13Cl2FN2O2. The lowest BCUT2D eigenvalue weighted by molar-refractivity contribution is -0.140. The quantitative estimate of drug-likeness (QED) is 0.628. The van der Waals surface area contributed by atoms with Crippen molar-refractivity contribution < 1.29 is 13.9 Å². The summed E-state index contributed by atoms with van der Waals surface area (Å²) in [6.07, 6.45) is 0.706. The number of alkyl halides is 1. The number of aryl methyl sites for hydroxylation is 2. The molecule has 0 radical (unpaired) electrons. The third-order valence-electron chi connectivity index (χ3n) is 2.95. The van der Waals surface area contributed by atoms with Gasteiger partial charge >= 0.3 is 5.97 Å². The molecule has 0 aliphatic rings. The molecular weight excluding hydrogens is 306 g/mol. The molecule has 1 aromatic carbocycles. The topological polar surface area (TPSA) is 44.1 Å². The van der Waals surface area contributed by atoms with Crippen LogP contribution in [0.4, 0.5) is 4.39 Å². The molecule has 7 heteroatoms. The van der Waals surface area contributed by atoms with Crippen molar-refractivity contribution in [3.05, 3.63) is 28.8 Å². The van der Waals surface area contributed by atoms with Crippen LogP contribution in [0.25, 0.3) is 11.0 Å². The average molecular weight is 319 g/mol. The van der Waals surface area contributed by atoms with Crippen molar-refractivity contribution in [3.63, 3.8) is 0 Å². The maximum absolute atomic E-state index is 13.6. The number of fused-ring (bicyclic) bond motifs is 1. The number of esters is 1. The Morgan fingerprint density at radius 1 is 1.50 bits per heavy atom. The molecule has 0 saturated carbocycles. The molecule has 0 aliphatic carbocycles. The second kappa shape index (κ2) is 6.41. The monoisotopic (exact) mass is 318 g/mol. The fraction of sp³-hybridized carbons (Fsp3) is 0.385. The van der Waals surface area contributed by atoms with E-state index in [4.69, 9.17) is 23.2 Å². The lowest BCUT2D eigenvalue weighted by Crippen LogP contribution is -2.10. The zero-order valence-corrected chi connectivity index (χ0v) is 12.3. The van der Waals surface area contributed by atoms with Gasteiger partial charge in [0, 0.05) is 24.9 Å². The minimum atomic E-state index is -0.518. The summed E-state index contributed by atoms with van der Waals surface area (Å²) in [5, 5.41) is 0.0209. The van der Waals surface area contributed by atoms with Gasteiger partial charge in [-0.3, -0.25) is 4.79 Å². The third kappa shape index (κ3) is 3.04. The molecule has 0 N–H and O–H groups in total. The van der Waals surface area contributed by atoms with Crippen LogP contribution in [-0.2, 0) is 22.5 Å². The Morgan fingerprint density at radius 3 is 2.90 bits per heavy atom. The van der Waals surface area contributed by atoms with E-state index in [1.165, 1.54) is 19.2 Å². The van der Waals surface area contributed by atoms with Gasteiger partial charge in [0.25, 0.3) is 0 Å². The van der Waals surface area contributed by atoms with E-state index in [1.807, 2.05) is 0 Å². The summed E-state index contributed by atoms with van der Waals surface area (Å²) in [5.74, 6) is 0.229. The molecule has 0 atom stereocenters. The molecule has 0 fully saturated rings. The number of carbonyl (C=O) groups is 1. The van der Waals surface area contributed by atoms with Gasteiger partial charge in [-0.1, -0.05) is 11.6 Å². The fourth-order valence-corrected chi connectivity index (χ4v) is 2.33. The molecule has 0 amide bonds. The first-order chi connectivity index (χ1) is 9.56. The van der Waals surface area contributed by atoms with E-state index in [9.17, 15) is 9.18 Å². The fourth-order valence-electron chi connectivity index (χ4n) is 2.00. The number of benzene rings is 1. The number of hydrogen-bond donors (Lipinski definition) is 0. The normalized spacial score (nSPS) is 11.0. The zero-order valence-electron chi connectivity index (χ0n) is 10.8. The molecule has 2 aromatic rings. The van der Waals surface area contributed by atoms with Crippen LogP contribution in [0.1, 0.15) is 12.2 Å². The molecule has 2 rings (SSSR count). The summed E-state index contributed by atoms with van der Waals surface area (Å²) in [4.78, 5) is 15.6. The Hall–Kier alpha value is -1.33. The van der Waals surface area contributed by atoms with Crippen LogP contribution < -0.4 is 0 Å². The number of imidazole rings is 1. The molecule has 4 nitrogen and oxygen atoms in total. The average Bonchev–Trinajstić information content (AvgIpc) is 2.74. The minimum Gasteiger partial charge on any atom is -0.469 e. The maximum Gasteiger partial charge on any atom is 0.307 e. The SMILES string of the molecule is COC(=O)CCn1c(CCCl)nc2cc(Cl)c(F)cc21. The lowest BCUT2D eigenvalue weighted by Gasteiger charge is -2.07. The molecule has 0 saturated heterocycles. The smallest absolute Gasteiger partial charge is 0.307 e. The van der Waals surface area contributed by atoms with Crippen LogP contribution in [0.3, 0.4) is 0 Å². The number of ether oxygens (including phenoxy) is 1. The Kier molecular flexibility index (Phi) is 4.83. The number of carbonyl (C=O) groups excluding carboxylic acids is 1. The van der Waals surface area contributed by atoms with E-state index < -0.39 is 5.82 Å². The number of halogens is 3. The lowest BCUT2D eigenvalue weighted by atomic mass is 10.3. The van der Waals surface area contributed by atoms with E-state index >= 15 is 0 Å². The molecule has 0 unspecified atom stereocenters. The number of aromatic nitrogens is 2. The highest BCUT2D eigenvalue weighted by atomic mass is 35.5. The van der Waals surface area contributed by atoms with E-state index in [2.05, 4.69) is 9.72 Å². The van der Waals surface area contributed by atoms with Crippen molar-refractivity contribution in [2.24, 2.45) is 0 Å². The van der Waals surface area contributed by atoms with Gasteiger partial charge < -0.3 is 9.30 Å². The van der Waals surface area contributed by atoms with Gasteiger partial charge in [0.1, 0.15) is 11.6 Å². The van der Waals surface area contributed by atoms with E-state index in [0.717, 1.165) is 0 Å². The van der Waals surface area contributed by atoms with Crippen molar-refractivity contribution in [1.82, 2.24) is 9.55 Å². The maximum atomic E-state index is 13.6. The molecule has 1 heterocycles. The minimum absolute atomic E-state index is 0.0209. The van der Waals surface area contributed by atoms with Crippen molar-refractivity contribution in [1.29, 1.82) is 0 Å². The van der Waals surface area contributed by atoms with Crippen LogP contribution in [0.5, 0.6) is 0 Å². The second-order valence-electron chi connectivity index (χ2n) is 4.20. The number of rotatable bonds is 5. The van der Waals surface area contributed by atoms with Gasteiger partial charge in [0.2, 0.25) is 0 Å². The number of nitrogens with zero attached hydrogens (tertiary/aromatic N) is 2. The van der Waals surface area contributed by atoms with E-state index in [0.29, 0.717) is 35.7 Å². The molecule has 1 aromatic heterocycles. The summed E-state index contributed by atoms with van der Waals surface area (Å²) in [6.45, 7) is 0.358. The zero-order chi connectivity index (χ0) is 14.7. The van der Waals surface area contributed by atoms with E-state index in [1.54, 1.807) is 4.57 Å². The number of hydrogen-bond acceptors (Lipinski definition) is 3. The Morgan fingerprint density at radius 2 is 2.25 bits per heavy atom. The molecule has 20 heavy (non-hydrogen) atoms. The van der Waals surface area contributed by atoms with Gasteiger partial charge in [0.05, 0.1) is 29.6 Å². The van der Waals surface area contributed by atoms with Crippen molar-refractivity contribution >= 4 is 40.2 Å². The first kappa shape index (κ1) is 15.1. The third-order valence-corrected chi connectivity index (χ3v) is 3.43. The molecule has 0 bridgehead atoms. The van der Waals surface area contributed by atoms with Crippen LogP contribution in [0, 0.1) is 5.82 Å². The highest BCUT2D eigenvalue weighted by molar-refractivity contribution is 6.31. The molecule has 0 aliphatic heterocycles. The van der Waals surface area contributed by atoms with Crippen LogP contribution in [-0.4, -0.2) is 28.5 Å². The van der Waals surface area contributed by atoms with Gasteiger partial charge in [-0.15, -0.1) is 11.6 Å². The summed E-state index contributed by atoms with van der Waals surface area (Å²) in [6, 6.07) is 2.79. The van der Waals surface area contributed by atoms with Crippen LogP contribution in [0.15, 0.2) is 12.1 Å². The molecule has 0 spiro atoms. The summed E-state index contributed by atoms with van der Waals surface area (Å²) in [5.41, 5.74) is 1.18. The van der Waals surface area contributed by atoms with Crippen LogP contribution in [0.2, 0.25) is 5.02 Å². The van der Waals surface area contributed by atoms with Crippen molar-refractivity contribution in [3.8, 4) is 0 Å². The predicted octanol–water partition coefficient (Wildman–Crippen LogP) is 3.17. The first-order valence-corrected chi connectivity index (χ1v) is 6.95. The largest absolute Gasteiger partial charge is 0.469 e.